The summed E-state index contributed by atoms with van der Waals surface area (Å²) < 4.78 is 4.66. The van der Waals surface area contributed by atoms with E-state index < -0.39 is 0 Å². The predicted octanol–water partition coefficient (Wildman–Crippen LogP) is 1.84. The Bertz CT molecular complexity index is 371. The van der Waals surface area contributed by atoms with Gasteiger partial charge in [-0.15, -0.1) is 0 Å². The van der Waals surface area contributed by atoms with Crippen LogP contribution in [0.1, 0.15) is 19.8 Å². The molecule has 0 aromatic rings. The first kappa shape index (κ1) is 14.2. The molecule has 0 spiro atoms. The molecule has 1 aliphatic rings. The molecule has 0 radical (unpaired) electrons. The van der Waals surface area contributed by atoms with Gasteiger partial charge in [0.2, 0.25) is 5.91 Å². The Labute approximate surface area is 108 Å². The van der Waals surface area contributed by atoms with E-state index in [0.717, 1.165) is 5.57 Å². The van der Waals surface area contributed by atoms with Crippen LogP contribution in [0.25, 0.3) is 0 Å². The Hall–Kier alpha value is -1.84. The second-order valence-corrected chi connectivity index (χ2v) is 4.11. The van der Waals surface area contributed by atoms with E-state index in [2.05, 4.69) is 11.3 Å². The fraction of sp³-hybridized carbons (Fsp3) is 0.429. The molecule has 0 unspecified atom stereocenters. The summed E-state index contributed by atoms with van der Waals surface area (Å²) in [5.41, 5.74) is 1.04. The highest BCUT2D eigenvalue weighted by Gasteiger charge is 2.35. The lowest BCUT2D eigenvalue weighted by atomic mass is 9.97. The third kappa shape index (κ3) is 3.87. The highest BCUT2D eigenvalue weighted by Crippen LogP contribution is 2.23. The topological polar surface area (TPSA) is 46.6 Å². The van der Waals surface area contributed by atoms with E-state index in [1.807, 2.05) is 30.1 Å². The zero-order valence-electron chi connectivity index (χ0n) is 10.7. The number of carbonyl (C=O) groups is 2. The summed E-state index contributed by atoms with van der Waals surface area (Å²) in [7, 11) is 0. The molecule has 0 bridgehead atoms. The number of hydrogen-bond donors (Lipinski definition) is 0. The minimum Gasteiger partial charge on any atom is -0.468 e. The predicted molar refractivity (Wildman–Crippen MR) is 69.8 cm³/mol. The number of ether oxygens (including phenoxy) is 1. The van der Waals surface area contributed by atoms with Crippen LogP contribution >= 0.6 is 0 Å². The molecule has 1 amide bonds. The average molecular weight is 249 g/mol. The van der Waals surface area contributed by atoms with Crippen molar-refractivity contribution in [2.24, 2.45) is 0 Å². The van der Waals surface area contributed by atoms with Crippen LogP contribution < -0.4 is 0 Å². The standard InChI is InChI=1S/C14H19NO3/c1-3-5-12(6-4-2)10-15-13(9-14(15)17)7-8-18-11-16/h3-6,11,13H,1,7-10H2,2H3/b6-4-,12-5+/t13-/m1/s1. The van der Waals surface area contributed by atoms with Gasteiger partial charge in [-0.1, -0.05) is 30.9 Å². The van der Waals surface area contributed by atoms with Crippen molar-refractivity contribution in [3.63, 3.8) is 0 Å². The molecule has 0 aromatic carbocycles. The van der Waals surface area contributed by atoms with Gasteiger partial charge in [-0.3, -0.25) is 9.59 Å². The molecular weight excluding hydrogens is 230 g/mol. The summed E-state index contributed by atoms with van der Waals surface area (Å²) in [5.74, 6) is 0.144. The van der Waals surface area contributed by atoms with Crippen molar-refractivity contribution >= 4 is 12.4 Å². The maximum atomic E-state index is 11.6. The van der Waals surface area contributed by atoms with Crippen LogP contribution in [0.4, 0.5) is 0 Å². The second kappa shape index (κ2) is 7.48. The van der Waals surface area contributed by atoms with Crippen molar-refractivity contribution < 1.29 is 14.3 Å². The zero-order valence-corrected chi connectivity index (χ0v) is 10.7. The van der Waals surface area contributed by atoms with Gasteiger partial charge in [-0.05, 0) is 12.5 Å². The number of nitrogens with zero attached hydrogens (tertiary/aromatic N) is 1. The third-order valence-electron chi connectivity index (χ3n) is 2.87. The highest BCUT2D eigenvalue weighted by atomic mass is 16.5. The van der Waals surface area contributed by atoms with Gasteiger partial charge in [-0.2, -0.15) is 0 Å². The number of likely N-dealkylation sites (tertiary alicyclic amines) is 1. The SMILES string of the molecule is C=C/C=C(\C=C/C)CN1C(=O)C[C@H]1CCOC=O. The van der Waals surface area contributed by atoms with E-state index in [4.69, 9.17) is 0 Å². The Morgan fingerprint density at radius 1 is 1.61 bits per heavy atom. The van der Waals surface area contributed by atoms with Crippen LogP contribution in [-0.2, 0) is 14.3 Å². The first-order valence-electron chi connectivity index (χ1n) is 6.02. The molecule has 98 valence electrons. The number of carbonyl (C=O) groups excluding carboxylic acids is 2. The monoisotopic (exact) mass is 249 g/mol. The van der Waals surface area contributed by atoms with Crippen LogP contribution in [0.5, 0.6) is 0 Å². The largest absolute Gasteiger partial charge is 0.468 e. The summed E-state index contributed by atoms with van der Waals surface area (Å²) >= 11 is 0. The van der Waals surface area contributed by atoms with E-state index in [0.29, 0.717) is 32.5 Å². The Morgan fingerprint density at radius 3 is 2.94 bits per heavy atom. The van der Waals surface area contributed by atoms with E-state index in [-0.39, 0.29) is 11.9 Å². The first-order chi connectivity index (χ1) is 8.72. The molecule has 1 heterocycles. The lowest BCUT2D eigenvalue weighted by Crippen LogP contribution is -2.53. The summed E-state index contributed by atoms with van der Waals surface area (Å²) in [6.07, 6.45) is 8.74. The van der Waals surface area contributed by atoms with Gasteiger partial charge in [-0.25, -0.2) is 0 Å². The zero-order chi connectivity index (χ0) is 13.4. The summed E-state index contributed by atoms with van der Waals surface area (Å²) in [6.45, 7) is 6.98. The van der Waals surface area contributed by atoms with Gasteiger partial charge in [0.05, 0.1) is 6.61 Å². The van der Waals surface area contributed by atoms with Crippen molar-refractivity contribution in [3.05, 3.63) is 36.5 Å². The molecule has 1 atom stereocenters. The van der Waals surface area contributed by atoms with Crippen molar-refractivity contribution in [1.29, 1.82) is 0 Å². The highest BCUT2D eigenvalue weighted by molar-refractivity contribution is 5.83. The molecule has 4 nitrogen and oxygen atoms in total. The molecule has 1 saturated heterocycles. The molecule has 18 heavy (non-hydrogen) atoms. The Kier molecular flexibility index (Phi) is 5.91. The van der Waals surface area contributed by atoms with E-state index in [1.165, 1.54) is 0 Å². The molecule has 0 aromatic heterocycles. The number of amides is 1. The molecule has 1 aliphatic heterocycles. The van der Waals surface area contributed by atoms with Crippen molar-refractivity contribution in [1.82, 2.24) is 4.90 Å². The number of hydrogen-bond acceptors (Lipinski definition) is 3. The van der Waals surface area contributed by atoms with Crippen molar-refractivity contribution in [3.8, 4) is 0 Å². The fourth-order valence-corrected chi connectivity index (χ4v) is 1.97. The second-order valence-electron chi connectivity index (χ2n) is 4.11. The Morgan fingerprint density at radius 2 is 2.39 bits per heavy atom. The smallest absolute Gasteiger partial charge is 0.293 e. The first-order valence-corrected chi connectivity index (χ1v) is 6.02. The van der Waals surface area contributed by atoms with Gasteiger partial charge in [0.15, 0.2) is 0 Å². The number of allylic oxidation sites excluding steroid dienone is 3. The molecule has 0 aliphatic carbocycles. The summed E-state index contributed by atoms with van der Waals surface area (Å²) in [6, 6.07) is 0.177. The maximum absolute atomic E-state index is 11.6. The number of β-lactam (4-membered cyclic amide) rings is 1. The van der Waals surface area contributed by atoms with Crippen LogP contribution in [0.3, 0.4) is 0 Å². The number of rotatable bonds is 8. The lowest BCUT2D eigenvalue weighted by Gasteiger charge is -2.40. The lowest BCUT2D eigenvalue weighted by molar-refractivity contribution is -0.146. The molecule has 0 saturated carbocycles. The molecular formula is C14H19NO3. The quantitative estimate of drug-likeness (QED) is 0.285. The van der Waals surface area contributed by atoms with Gasteiger partial charge < -0.3 is 9.64 Å². The van der Waals surface area contributed by atoms with E-state index in [9.17, 15) is 9.59 Å². The summed E-state index contributed by atoms with van der Waals surface area (Å²) in [4.78, 5) is 23.4. The third-order valence-corrected chi connectivity index (χ3v) is 2.87. The van der Waals surface area contributed by atoms with Gasteiger partial charge in [0.25, 0.3) is 6.47 Å². The van der Waals surface area contributed by atoms with Gasteiger partial charge in [0.1, 0.15) is 0 Å². The van der Waals surface area contributed by atoms with Gasteiger partial charge >= 0.3 is 0 Å². The minimum atomic E-state index is 0.144. The summed E-state index contributed by atoms with van der Waals surface area (Å²) in [5, 5.41) is 0. The molecule has 0 N–H and O–H groups in total. The minimum absolute atomic E-state index is 0.144. The van der Waals surface area contributed by atoms with E-state index in [1.54, 1.807) is 6.08 Å². The van der Waals surface area contributed by atoms with Crippen molar-refractivity contribution in [2.45, 2.75) is 25.8 Å². The average Bonchev–Trinajstić information content (AvgIpc) is 2.35. The maximum Gasteiger partial charge on any atom is 0.293 e. The van der Waals surface area contributed by atoms with Crippen molar-refractivity contribution in [2.75, 3.05) is 13.2 Å². The van der Waals surface area contributed by atoms with Gasteiger partial charge in [0, 0.05) is 25.4 Å². The fourth-order valence-electron chi connectivity index (χ4n) is 1.97. The molecule has 1 fully saturated rings. The van der Waals surface area contributed by atoms with Crippen LogP contribution in [0, 0.1) is 0 Å². The Balaban J connectivity index is 2.52. The van der Waals surface area contributed by atoms with Crippen LogP contribution in [0.2, 0.25) is 0 Å². The molecule has 1 rings (SSSR count). The van der Waals surface area contributed by atoms with E-state index >= 15 is 0 Å². The van der Waals surface area contributed by atoms with Crippen LogP contribution in [-0.4, -0.2) is 36.5 Å². The van der Waals surface area contributed by atoms with Crippen LogP contribution in [0.15, 0.2) is 36.5 Å². The molecule has 4 heteroatoms. The normalized spacial score (nSPS) is 19.8.